The van der Waals surface area contributed by atoms with Gasteiger partial charge in [-0.1, -0.05) is 0 Å². The van der Waals surface area contributed by atoms with E-state index in [-0.39, 0.29) is 17.9 Å². The van der Waals surface area contributed by atoms with Gasteiger partial charge in [-0.05, 0) is 30.3 Å². The predicted octanol–water partition coefficient (Wildman–Crippen LogP) is 0.505. The first kappa shape index (κ1) is 17.0. The summed E-state index contributed by atoms with van der Waals surface area (Å²) in [7, 11) is 1.29. The van der Waals surface area contributed by atoms with E-state index in [9.17, 15) is 18.8 Å². The van der Waals surface area contributed by atoms with Gasteiger partial charge in [-0.2, -0.15) is 0 Å². The van der Waals surface area contributed by atoms with Crippen LogP contribution in [0.5, 0.6) is 5.75 Å². The highest BCUT2D eigenvalue weighted by molar-refractivity contribution is 6.35. The van der Waals surface area contributed by atoms with E-state index >= 15 is 0 Å². The average molecular weight is 335 g/mol. The Hall–Kier alpha value is -3.36. The largest absolute Gasteiger partial charge is 0.494 e. The maximum atomic E-state index is 13.5. The zero-order chi connectivity index (χ0) is 17.5. The zero-order valence-electron chi connectivity index (χ0n) is 12.6. The molecule has 126 valence electrons. The number of methoxy groups -OCH3 is 1. The van der Waals surface area contributed by atoms with Gasteiger partial charge in [-0.25, -0.2) is 4.39 Å². The quantitative estimate of drug-likeness (QED) is 0.557. The van der Waals surface area contributed by atoms with Crippen molar-refractivity contribution >= 4 is 17.7 Å². The molecule has 0 aliphatic carbocycles. The summed E-state index contributed by atoms with van der Waals surface area (Å²) >= 11 is 0. The summed E-state index contributed by atoms with van der Waals surface area (Å²) < 4.78 is 23.2. The molecule has 0 atom stereocenters. The molecule has 0 saturated heterocycles. The fraction of sp³-hybridized carbons (Fsp3) is 0.133. The second-order valence-corrected chi connectivity index (χ2v) is 4.52. The van der Waals surface area contributed by atoms with Gasteiger partial charge >= 0.3 is 11.8 Å². The second-order valence-electron chi connectivity index (χ2n) is 4.52. The lowest BCUT2D eigenvalue weighted by Crippen LogP contribution is -2.48. The van der Waals surface area contributed by atoms with E-state index < -0.39 is 23.5 Å². The molecule has 0 radical (unpaired) electrons. The first-order valence-corrected chi connectivity index (χ1v) is 6.75. The summed E-state index contributed by atoms with van der Waals surface area (Å²) in [6.07, 6.45) is 1.43. The molecule has 0 aliphatic heterocycles. The molecule has 8 nitrogen and oxygen atoms in total. The van der Waals surface area contributed by atoms with Crippen LogP contribution in [0.2, 0.25) is 0 Å². The monoisotopic (exact) mass is 335 g/mol. The van der Waals surface area contributed by atoms with E-state index in [1.165, 1.54) is 25.5 Å². The normalized spacial score (nSPS) is 9.92. The molecule has 9 heteroatoms. The Kier molecular flexibility index (Phi) is 5.50. The lowest BCUT2D eigenvalue weighted by molar-refractivity contribution is -0.139. The Labute approximate surface area is 135 Å². The van der Waals surface area contributed by atoms with Gasteiger partial charge in [0.1, 0.15) is 5.76 Å². The van der Waals surface area contributed by atoms with Gasteiger partial charge in [0.25, 0.3) is 5.91 Å². The Morgan fingerprint density at radius 1 is 1.17 bits per heavy atom. The standard InChI is InChI=1S/C15H14FN3O5/c1-23-12-5-4-9(7-11(12)16)13(20)18-19-15(22)14(21)17-8-10-3-2-6-24-10/h2-7H,8H2,1H3,(H,17,21)(H,18,20)(H,19,22). The van der Waals surface area contributed by atoms with Crippen LogP contribution in [-0.4, -0.2) is 24.8 Å². The third-order valence-electron chi connectivity index (χ3n) is 2.91. The summed E-state index contributed by atoms with van der Waals surface area (Å²) in [4.78, 5) is 34.9. The van der Waals surface area contributed by atoms with Gasteiger partial charge in [-0.15, -0.1) is 0 Å². The summed E-state index contributed by atoms with van der Waals surface area (Å²) in [6.45, 7) is 0.0247. The molecule has 0 bridgehead atoms. The van der Waals surface area contributed by atoms with Crippen molar-refractivity contribution in [3.05, 3.63) is 53.7 Å². The smallest absolute Gasteiger partial charge is 0.327 e. The minimum atomic E-state index is -1.08. The fourth-order valence-electron chi connectivity index (χ4n) is 1.71. The number of nitrogens with one attached hydrogen (secondary N) is 3. The Bertz CT molecular complexity index is 746. The van der Waals surface area contributed by atoms with E-state index in [2.05, 4.69) is 5.32 Å². The van der Waals surface area contributed by atoms with Crippen LogP contribution >= 0.6 is 0 Å². The summed E-state index contributed by atoms with van der Waals surface area (Å²) in [5, 5.41) is 2.30. The lowest BCUT2D eigenvalue weighted by atomic mass is 10.2. The number of hydrazine groups is 1. The van der Waals surface area contributed by atoms with Crippen molar-refractivity contribution in [1.29, 1.82) is 0 Å². The van der Waals surface area contributed by atoms with Crippen LogP contribution in [0.25, 0.3) is 0 Å². The third kappa shape index (κ3) is 4.32. The number of halogens is 1. The van der Waals surface area contributed by atoms with Crippen molar-refractivity contribution < 1.29 is 27.9 Å². The molecule has 2 aromatic rings. The third-order valence-corrected chi connectivity index (χ3v) is 2.91. The molecule has 0 unspecified atom stereocenters. The summed E-state index contributed by atoms with van der Waals surface area (Å²) in [5.41, 5.74) is 3.88. The maximum Gasteiger partial charge on any atom is 0.327 e. The Morgan fingerprint density at radius 2 is 1.96 bits per heavy atom. The number of ether oxygens (including phenoxy) is 1. The topological polar surface area (TPSA) is 110 Å². The molecule has 3 amide bonds. The Balaban J connectivity index is 1.83. The van der Waals surface area contributed by atoms with Crippen LogP contribution in [0.4, 0.5) is 4.39 Å². The van der Waals surface area contributed by atoms with Crippen molar-refractivity contribution in [3.63, 3.8) is 0 Å². The van der Waals surface area contributed by atoms with Gasteiger partial charge in [0.15, 0.2) is 11.6 Å². The van der Waals surface area contributed by atoms with Gasteiger partial charge in [0.05, 0.1) is 19.9 Å². The minimum absolute atomic E-state index is 0.0205. The van der Waals surface area contributed by atoms with Crippen LogP contribution in [0.1, 0.15) is 16.1 Å². The molecule has 0 spiro atoms. The van der Waals surface area contributed by atoms with Crippen LogP contribution < -0.4 is 20.9 Å². The van der Waals surface area contributed by atoms with Crippen molar-refractivity contribution in [1.82, 2.24) is 16.2 Å². The molecule has 1 aromatic carbocycles. The van der Waals surface area contributed by atoms with E-state index in [1.54, 1.807) is 12.1 Å². The summed E-state index contributed by atoms with van der Waals surface area (Å²) in [6, 6.07) is 6.77. The first-order valence-electron chi connectivity index (χ1n) is 6.75. The van der Waals surface area contributed by atoms with Crippen molar-refractivity contribution in [2.45, 2.75) is 6.54 Å². The van der Waals surface area contributed by atoms with E-state index in [0.29, 0.717) is 5.76 Å². The van der Waals surface area contributed by atoms with Gasteiger partial charge < -0.3 is 14.5 Å². The van der Waals surface area contributed by atoms with Crippen molar-refractivity contribution in [2.24, 2.45) is 0 Å². The molecule has 1 aromatic heterocycles. The zero-order valence-corrected chi connectivity index (χ0v) is 12.6. The number of hydrogen-bond acceptors (Lipinski definition) is 5. The average Bonchev–Trinajstić information content (AvgIpc) is 3.10. The second kappa shape index (κ2) is 7.77. The number of carbonyl (C=O) groups excluding carboxylic acids is 3. The fourth-order valence-corrected chi connectivity index (χ4v) is 1.71. The molecule has 0 saturated carbocycles. The molecular formula is C15H14FN3O5. The molecule has 0 aliphatic rings. The molecule has 24 heavy (non-hydrogen) atoms. The van der Waals surface area contributed by atoms with Crippen LogP contribution in [0.15, 0.2) is 41.0 Å². The van der Waals surface area contributed by atoms with E-state index in [0.717, 1.165) is 6.07 Å². The van der Waals surface area contributed by atoms with Crippen LogP contribution in [0.3, 0.4) is 0 Å². The minimum Gasteiger partial charge on any atom is -0.494 e. The number of rotatable bonds is 4. The summed E-state index contributed by atoms with van der Waals surface area (Å²) in [5.74, 6) is -3.12. The highest BCUT2D eigenvalue weighted by atomic mass is 19.1. The number of hydrogen-bond donors (Lipinski definition) is 3. The number of carbonyl (C=O) groups is 3. The molecule has 2 rings (SSSR count). The predicted molar refractivity (Wildman–Crippen MR) is 79.1 cm³/mol. The highest BCUT2D eigenvalue weighted by Crippen LogP contribution is 2.17. The van der Waals surface area contributed by atoms with Crippen LogP contribution in [0, 0.1) is 5.82 Å². The van der Waals surface area contributed by atoms with Gasteiger partial charge in [0, 0.05) is 5.56 Å². The number of amides is 3. The molecule has 0 fully saturated rings. The Morgan fingerprint density at radius 3 is 2.58 bits per heavy atom. The number of furan rings is 1. The van der Waals surface area contributed by atoms with Crippen LogP contribution in [-0.2, 0) is 16.1 Å². The highest BCUT2D eigenvalue weighted by Gasteiger charge is 2.16. The van der Waals surface area contributed by atoms with Gasteiger partial charge in [0.2, 0.25) is 0 Å². The number of benzene rings is 1. The van der Waals surface area contributed by atoms with Crippen molar-refractivity contribution in [3.8, 4) is 5.75 Å². The lowest BCUT2D eigenvalue weighted by Gasteiger charge is -2.08. The van der Waals surface area contributed by atoms with Gasteiger partial charge in [-0.3, -0.25) is 25.2 Å². The maximum absolute atomic E-state index is 13.5. The van der Waals surface area contributed by atoms with E-state index in [4.69, 9.17) is 9.15 Å². The molecular weight excluding hydrogens is 321 g/mol. The first-order chi connectivity index (χ1) is 11.5. The van der Waals surface area contributed by atoms with E-state index in [1.807, 2.05) is 10.9 Å². The molecule has 3 N–H and O–H groups in total. The molecule has 1 heterocycles. The SMILES string of the molecule is COc1ccc(C(=O)NNC(=O)C(=O)NCc2ccco2)cc1F. The van der Waals surface area contributed by atoms with Crippen molar-refractivity contribution in [2.75, 3.05) is 7.11 Å².